The van der Waals surface area contributed by atoms with Crippen molar-refractivity contribution < 1.29 is 18.1 Å². The molecule has 1 aromatic heterocycles. The van der Waals surface area contributed by atoms with Crippen LogP contribution < -0.4 is 21.6 Å². The van der Waals surface area contributed by atoms with Crippen molar-refractivity contribution >= 4 is 40.8 Å². The molecule has 0 unspecified atom stereocenters. The Morgan fingerprint density at radius 1 is 1.12 bits per heavy atom. The van der Waals surface area contributed by atoms with Gasteiger partial charge in [0.05, 0.1) is 11.2 Å². The predicted octanol–water partition coefficient (Wildman–Crippen LogP) is 4.69. The lowest BCUT2D eigenvalue weighted by molar-refractivity contribution is -0.126. The van der Waals surface area contributed by atoms with E-state index >= 15 is 8.78 Å². The minimum atomic E-state index is -2.91. The number of hydrogen-bond donors (Lipinski definition) is 1. The second kappa shape index (κ2) is 10.8. The molecule has 0 radical (unpaired) electrons. The zero-order valence-electron chi connectivity index (χ0n) is 23.9. The Morgan fingerprint density at radius 3 is 2.48 bits per heavy atom. The Hall–Kier alpha value is -4.30. The van der Waals surface area contributed by atoms with Crippen molar-refractivity contribution in [3.8, 4) is 16.8 Å². The van der Waals surface area contributed by atoms with Gasteiger partial charge in [-0.15, -0.1) is 0 Å². The third kappa shape index (κ3) is 5.00. The van der Waals surface area contributed by atoms with Crippen LogP contribution in [0.4, 0.5) is 20.3 Å². The van der Waals surface area contributed by atoms with Gasteiger partial charge in [0, 0.05) is 53.2 Å². The summed E-state index contributed by atoms with van der Waals surface area (Å²) in [5.74, 6) is -1.43. The molecule has 1 aliphatic rings. The van der Waals surface area contributed by atoms with Crippen molar-refractivity contribution in [1.82, 2.24) is 14.5 Å². The Kier molecular flexibility index (Phi) is 7.53. The zero-order chi connectivity index (χ0) is 30.5. The Morgan fingerprint density at radius 2 is 1.83 bits per heavy atom. The van der Waals surface area contributed by atoms with Gasteiger partial charge in [0.25, 0.3) is 0 Å². The summed E-state index contributed by atoms with van der Waals surface area (Å²) in [5.41, 5.74) is 6.52. The van der Waals surface area contributed by atoms with Crippen LogP contribution in [0.5, 0.6) is 0 Å². The number of nitrogens with two attached hydrogens (primary N) is 1. The van der Waals surface area contributed by atoms with Crippen LogP contribution >= 0.6 is 7.14 Å². The molecule has 0 spiro atoms. The van der Waals surface area contributed by atoms with E-state index in [0.29, 0.717) is 41.6 Å². The lowest BCUT2D eigenvalue weighted by Gasteiger charge is -2.40. The van der Waals surface area contributed by atoms with E-state index in [1.165, 1.54) is 41.0 Å². The maximum absolute atomic E-state index is 15.9. The van der Waals surface area contributed by atoms with Gasteiger partial charge in [-0.3, -0.25) is 9.36 Å². The Labute approximate surface area is 242 Å². The molecule has 2 N–H and O–H groups in total. The van der Waals surface area contributed by atoms with E-state index in [-0.39, 0.29) is 40.1 Å². The molecule has 11 heteroatoms. The fourth-order valence-electron chi connectivity index (χ4n) is 5.65. The summed E-state index contributed by atoms with van der Waals surface area (Å²) >= 11 is 0. The first-order chi connectivity index (χ1) is 19.8. The summed E-state index contributed by atoms with van der Waals surface area (Å²) in [6.07, 6.45) is 1.25. The summed E-state index contributed by atoms with van der Waals surface area (Å²) in [5, 5.41) is 0.763. The lowest BCUT2D eigenvalue weighted by Crippen LogP contribution is -2.54. The molecular formula is C31H32F2N5O3P. The summed E-state index contributed by atoms with van der Waals surface area (Å²) in [7, 11) is -2.91. The van der Waals surface area contributed by atoms with Crippen molar-refractivity contribution in [3.05, 3.63) is 88.9 Å². The fraction of sp³-hybridized carbons (Fsp3) is 0.258. The van der Waals surface area contributed by atoms with Gasteiger partial charge in [-0.05, 0) is 69.1 Å². The highest BCUT2D eigenvalue weighted by molar-refractivity contribution is 7.70. The van der Waals surface area contributed by atoms with Gasteiger partial charge >= 0.3 is 5.69 Å². The van der Waals surface area contributed by atoms with Gasteiger partial charge in [-0.1, -0.05) is 24.8 Å². The van der Waals surface area contributed by atoms with Crippen LogP contribution in [-0.4, -0.2) is 59.4 Å². The van der Waals surface area contributed by atoms with E-state index in [1.54, 1.807) is 43.4 Å². The highest BCUT2D eigenvalue weighted by atomic mass is 31.2. The van der Waals surface area contributed by atoms with Crippen LogP contribution in [0.25, 0.3) is 27.7 Å². The van der Waals surface area contributed by atoms with Crippen LogP contribution in [0.15, 0.2) is 66.0 Å². The third-order valence-electron chi connectivity index (χ3n) is 7.68. The lowest BCUT2D eigenvalue weighted by atomic mass is 10.00. The minimum Gasteiger partial charge on any atom is -0.398 e. The average Bonchev–Trinajstić information content (AvgIpc) is 2.92. The molecule has 4 aromatic rings. The molecule has 1 amide bonds. The van der Waals surface area contributed by atoms with Crippen molar-refractivity contribution in [2.75, 3.05) is 43.6 Å². The van der Waals surface area contributed by atoms with Crippen LogP contribution in [-0.2, 0) is 9.36 Å². The largest absolute Gasteiger partial charge is 0.398 e. The van der Waals surface area contributed by atoms with Gasteiger partial charge in [0.15, 0.2) is 0 Å². The molecule has 2 heterocycles. The number of carbonyl (C=O) groups excluding carboxylic acids is 1. The van der Waals surface area contributed by atoms with Crippen LogP contribution in [0.1, 0.15) is 12.5 Å². The number of aromatic nitrogens is 2. The summed E-state index contributed by atoms with van der Waals surface area (Å²) in [6.45, 7) is 11.5. The second-order valence-electron chi connectivity index (χ2n) is 10.9. The SMILES string of the molecule is C=CC(=O)N1CCN(c2nc(=O)n(-c3c(C)cccc3P(C)(C)=O)c3cc(-c4c(N)cccc4F)c(F)cc23)[C@@H](C)C1. The van der Waals surface area contributed by atoms with E-state index in [0.717, 1.165) is 0 Å². The maximum atomic E-state index is 15.9. The number of carbonyl (C=O) groups is 1. The molecular weight excluding hydrogens is 559 g/mol. The van der Waals surface area contributed by atoms with Crippen LogP contribution in [0, 0.1) is 18.6 Å². The third-order valence-corrected chi connectivity index (χ3v) is 9.20. The highest BCUT2D eigenvalue weighted by Gasteiger charge is 2.31. The number of nitrogen functional groups attached to an aromatic ring is 1. The molecule has 5 rings (SSSR count). The number of para-hydroxylation sites is 1. The van der Waals surface area contributed by atoms with E-state index in [1.807, 2.05) is 11.8 Å². The first-order valence-corrected chi connectivity index (χ1v) is 16.1. The molecule has 1 saturated heterocycles. The average molecular weight is 592 g/mol. The van der Waals surface area contributed by atoms with E-state index in [4.69, 9.17) is 5.73 Å². The topological polar surface area (TPSA) is 102 Å². The molecule has 42 heavy (non-hydrogen) atoms. The first-order valence-electron chi connectivity index (χ1n) is 13.5. The molecule has 1 aliphatic heterocycles. The minimum absolute atomic E-state index is 0.0382. The fourth-order valence-corrected chi connectivity index (χ4v) is 6.88. The molecule has 1 atom stereocenters. The van der Waals surface area contributed by atoms with Gasteiger partial charge < -0.3 is 20.1 Å². The van der Waals surface area contributed by atoms with E-state index < -0.39 is 24.5 Å². The molecule has 218 valence electrons. The highest BCUT2D eigenvalue weighted by Crippen LogP contribution is 2.40. The maximum Gasteiger partial charge on any atom is 0.354 e. The number of nitrogens with zero attached hydrogens (tertiary/aromatic N) is 4. The number of halogens is 2. The molecule has 3 aromatic carbocycles. The van der Waals surface area contributed by atoms with Crippen molar-refractivity contribution in [3.63, 3.8) is 0 Å². The van der Waals surface area contributed by atoms with Gasteiger partial charge in [-0.2, -0.15) is 4.98 Å². The number of benzene rings is 3. The molecule has 1 fully saturated rings. The van der Waals surface area contributed by atoms with E-state index in [9.17, 15) is 14.2 Å². The Bertz CT molecular complexity index is 1850. The molecule has 0 bridgehead atoms. The quantitative estimate of drug-likeness (QED) is 0.205. The number of rotatable bonds is 5. The smallest absolute Gasteiger partial charge is 0.354 e. The summed E-state index contributed by atoms with van der Waals surface area (Å²) < 4.78 is 45.7. The van der Waals surface area contributed by atoms with Gasteiger partial charge in [0.1, 0.15) is 24.6 Å². The van der Waals surface area contributed by atoms with Gasteiger partial charge in [-0.25, -0.2) is 13.6 Å². The Balaban J connectivity index is 1.86. The number of aryl methyl sites for hydroxylation is 1. The van der Waals surface area contributed by atoms with Crippen molar-refractivity contribution in [2.24, 2.45) is 0 Å². The number of fused-ring (bicyclic) bond motifs is 1. The number of hydrogen-bond acceptors (Lipinski definition) is 6. The first kappa shape index (κ1) is 29.2. The van der Waals surface area contributed by atoms with Crippen molar-refractivity contribution in [1.29, 1.82) is 0 Å². The molecule has 0 aliphatic carbocycles. The summed E-state index contributed by atoms with van der Waals surface area (Å²) in [4.78, 5) is 34.2. The number of piperazine rings is 1. The predicted molar refractivity (Wildman–Crippen MR) is 165 cm³/mol. The zero-order valence-corrected chi connectivity index (χ0v) is 24.8. The van der Waals surface area contributed by atoms with Crippen molar-refractivity contribution in [2.45, 2.75) is 19.9 Å². The standard InChI is InChI=1S/C31H32F2N5O3P/c1-6-27(39)36-13-14-37(19(3)17-36)30-21-15-23(33)20(28-22(32)10-8-11-24(28)34)16-25(21)38(31(40)35-30)29-18(2)9-7-12-26(29)42(4,5)41/h6-12,15-16,19H,1,13-14,17,34H2,2-5H3/t19-/m0/s1. The second-order valence-corrected chi connectivity index (χ2v) is 14.1. The van der Waals surface area contributed by atoms with Crippen LogP contribution in [0.2, 0.25) is 0 Å². The summed E-state index contributed by atoms with van der Waals surface area (Å²) in [6, 6.07) is 11.7. The van der Waals surface area contributed by atoms with Crippen LogP contribution in [0.3, 0.4) is 0 Å². The molecule has 8 nitrogen and oxygen atoms in total. The van der Waals surface area contributed by atoms with E-state index in [2.05, 4.69) is 11.6 Å². The number of amides is 1. The molecule has 0 saturated carbocycles. The monoisotopic (exact) mass is 591 g/mol. The van der Waals surface area contributed by atoms with Gasteiger partial charge in [0.2, 0.25) is 5.91 Å². The number of anilines is 2. The normalized spacial score (nSPS) is 15.7.